The third kappa shape index (κ3) is 3.22. The summed E-state index contributed by atoms with van der Waals surface area (Å²) in [5.74, 6) is 0. The van der Waals surface area contributed by atoms with Crippen molar-refractivity contribution in [3.63, 3.8) is 0 Å². The van der Waals surface area contributed by atoms with Gasteiger partial charge in [-0.3, -0.25) is 4.98 Å². The van der Waals surface area contributed by atoms with Crippen LogP contribution >= 0.6 is 0 Å². The van der Waals surface area contributed by atoms with Crippen LogP contribution in [0.3, 0.4) is 0 Å². The van der Waals surface area contributed by atoms with Crippen LogP contribution in [-0.2, 0) is 0 Å². The van der Waals surface area contributed by atoms with Gasteiger partial charge in [0.2, 0.25) is 0 Å². The molecule has 0 aliphatic rings. The second-order valence-electron chi connectivity index (χ2n) is 1.32. The van der Waals surface area contributed by atoms with Gasteiger partial charge in [0, 0.05) is 0 Å². The second-order valence-corrected chi connectivity index (χ2v) is 1.32. The third-order valence-electron chi connectivity index (χ3n) is 0.785. The van der Waals surface area contributed by atoms with Crippen molar-refractivity contribution in [3.05, 3.63) is 35.5 Å². The fourth-order valence-electron chi connectivity index (χ4n) is 0.407. The molecule has 3 heteroatoms. The van der Waals surface area contributed by atoms with Gasteiger partial charge >= 0.3 is 51.4 Å². The van der Waals surface area contributed by atoms with E-state index in [1.165, 1.54) is 6.20 Å². The molecule has 0 N–H and O–H groups in total. The van der Waals surface area contributed by atoms with Crippen molar-refractivity contribution in [2.75, 3.05) is 0 Å². The fourth-order valence-corrected chi connectivity index (χ4v) is 0.407. The summed E-state index contributed by atoms with van der Waals surface area (Å²) < 4.78 is 0. The average molecular weight is 143 g/mol. The van der Waals surface area contributed by atoms with Crippen molar-refractivity contribution >= 4 is 6.21 Å². The van der Waals surface area contributed by atoms with E-state index in [4.69, 9.17) is 5.41 Å². The van der Waals surface area contributed by atoms with E-state index in [9.17, 15) is 0 Å². The standard InChI is InChI=1S/C6H4N2.K/c7-5-6-1-3-8-4-2-6;/h1,3-5H;/q-2;+1. The van der Waals surface area contributed by atoms with Crippen LogP contribution in [0.2, 0.25) is 0 Å². The van der Waals surface area contributed by atoms with Crippen molar-refractivity contribution in [2.24, 2.45) is 0 Å². The molecule has 0 aliphatic carbocycles. The Morgan fingerprint density at radius 2 is 2.44 bits per heavy atom. The molecular formula is C6H4KN2-. The van der Waals surface area contributed by atoms with Crippen molar-refractivity contribution < 1.29 is 51.4 Å². The monoisotopic (exact) mass is 143 g/mol. The first kappa shape index (κ1) is 9.46. The number of pyridine rings is 1. The number of hydrogen-bond acceptors (Lipinski definition) is 1. The van der Waals surface area contributed by atoms with E-state index >= 15 is 0 Å². The summed E-state index contributed by atoms with van der Waals surface area (Å²) in [4.78, 5) is 3.71. The van der Waals surface area contributed by atoms with Crippen LogP contribution in [0, 0.1) is 6.07 Å². The first-order chi connectivity index (χ1) is 3.93. The summed E-state index contributed by atoms with van der Waals surface area (Å²) in [6.07, 6.45) is 4.09. The minimum atomic E-state index is 0. The number of rotatable bonds is 1. The van der Waals surface area contributed by atoms with Crippen molar-refractivity contribution in [2.45, 2.75) is 0 Å². The van der Waals surface area contributed by atoms with Crippen LogP contribution in [0.4, 0.5) is 0 Å². The average Bonchev–Trinajstić information content (AvgIpc) is 1.90. The molecule has 0 bridgehead atoms. The number of hydrogen-bond donors (Lipinski definition) is 0. The predicted molar refractivity (Wildman–Crippen MR) is 31.6 cm³/mol. The van der Waals surface area contributed by atoms with E-state index in [0.717, 1.165) is 6.21 Å². The topological polar surface area (TPSA) is 35.2 Å². The van der Waals surface area contributed by atoms with Crippen LogP contribution in [0.5, 0.6) is 0 Å². The van der Waals surface area contributed by atoms with Crippen LogP contribution in [0.25, 0.3) is 5.41 Å². The van der Waals surface area contributed by atoms with Gasteiger partial charge in [-0.05, 0) is 12.4 Å². The molecule has 0 spiro atoms. The molecule has 0 radical (unpaired) electrons. The smallest absolute Gasteiger partial charge is 0.879 e. The summed E-state index contributed by atoms with van der Waals surface area (Å²) in [5, 5.41) is 8.35. The summed E-state index contributed by atoms with van der Waals surface area (Å²) in [6.45, 7) is 0. The van der Waals surface area contributed by atoms with Gasteiger partial charge < -0.3 is 11.6 Å². The molecule has 0 amide bonds. The van der Waals surface area contributed by atoms with Crippen LogP contribution in [0.1, 0.15) is 5.56 Å². The Labute approximate surface area is 96.6 Å². The molecule has 1 aromatic rings. The molecule has 0 fully saturated rings. The van der Waals surface area contributed by atoms with Gasteiger partial charge in [0.05, 0.1) is 0 Å². The van der Waals surface area contributed by atoms with Gasteiger partial charge in [-0.1, -0.05) is 0 Å². The first-order valence-corrected chi connectivity index (χ1v) is 2.22. The Kier molecular flexibility index (Phi) is 5.52. The maximum absolute atomic E-state index is 8.35. The number of aromatic nitrogens is 1. The molecule has 1 heterocycles. The fraction of sp³-hybridized carbons (Fsp3) is 0. The summed E-state index contributed by atoms with van der Waals surface area (Å²) >= 11 is 0. The molecule has 0 unspecified atom stereocenters. The Morgan fingerprint density at radius 1 is 1.67 bits per heavy atom. The maximum Gasteiger partial charge on any atom is 1.00 e. The van der Waals surface area contributed by atoms with Gasteiger partial charge in [-0.25, -0.2) is 5.56 Å². The molecule has 1 aromatic heterocycles. The van der Waals surface area contributed by atoms with E-state index in [2.05, 4.69) is 11.1 Å². The van der Waals surface area contributed by atoms with Gasteiger partial charge in [0.25, 0.3) is 0 Å². The molecule has 0 atom stereocenters. The van der Waals surface area contributed by atoms with Crippen molar-refractivity contribution in [3.8, 4) is 0 Å². The predicted octanol–water partition coefficient (Wildman–Crippen LogP) is -2.13. The molecule has 0 aromatic carbocycles. The number of nitrogens with zero attached hydrogens (tertiary/aromatic N) is 2. The Balaban J connectivity index is 0.000000640. The minimum absolute atomic E-state index is 0. The van der Waals surface area contributed by atoms with Gasteiger partial charge in [0.15, 0.2) is 0 Å². The Hall–Kier alpha value is 0.456. The third-order valence-corrected chi connectivity index (χ3v) is 0.785. The summed E-state index contributed by atoms with van der Waals surface area (Å²) in [7, 11) is 0. The quantitative estimate of drug-likeness (QED) is 0.251. The zero-order valence-corrected chi connectivity index (χ0v) is 8.33. The maximum atomic E-state index is 8.35. The second kappa shape index (κ2) is 5.26. The van der Waals surface area contributed by atoms with E-state index in [0.29, 0.717) is 5.56 Å². The van der Waals surface area contributed by atoms with Gasteiger partial charge in [-0.2, -0.15) is 6.07 Å². The Bertz CT molecular complexity index is 174. The molecule has 40 valence electrons. The van der Waals surface area contributed by atoms with E-state index in [1.807, 2.05) is 0 Å². The van der Waals surface area contributed by atoms with Crippen molar-refractivity contribution in [1.82, 2.24) is 4.98 Å². The molecule has 2 nitrogen and oxygen atoms in total. The molecule has 0 saturated carbocycles. The van der Waals surface area contributed by atoms with Gasteiger partial charge in [-0.15, -0.1) is 6.07 Å². The Morgan fingerprint density at radius 3 is 2.78 bits per heavy atom. The molecule has 0 aliphatic heterocycles. The normalized spacial score (nSPS) is 7.56. The van der Waals surface area contributed by atoms with E-state index < -0.39 is 0 Å². The van der Waals surface area contributed by atoms with Crippen LogP contribution < -0.4 is 51.4 Å². The SMILES string of the molecule is [K+].[N-]=Cc1[c-]cncc1. The van der Waals surface area contributed by atoms with Gasteiger partial charge in [0.1, 0.15) is 0 Å². The summed E-state index contributed by atoms with van der Waals surface area (Å²) in [6, 6.07) is 4.37. The van der Waals surface area contributed by atoms with Crippen LogP contribution in [-0.4, -0.2) is 11.2 Å². The summed E-state index contributed by atoms with van der Waals surface area (Å²) in [5.41, 5.74) is 0.653. The van der Waals surface area contributed by atoms with Crippen LogP contribution in [0.15, 0.2) is 18.5 Å². The molecule has 0 saturated heterocycles. The zero-order valence-electron chi connectivity index (χ0n) is 5.20. The molecular weight excluding hydrogens is 139 g/mol. The van der Waals surface area contributed by atoms with E-state index in [1.54, 1.807) is 12.3 Å². The van der Waals surface area contributed by atoms with Crippen molar-refractivity contribution in [1.29, 1.82) is 0 Å². The van der Waals surface area contributed by atoms with E-state index in [-0.39, 0.29) is 51.4 Å². The largest absolute Gasteiger partial charge is 1.00 e. The first-order valence-electron chi connectivity index (χ1n) is 2.22. The molecule has 9 heavy (non-hydrogen) atoms. The molecule has 1 rings (SSSR count). The minimum Gasteiger partial charge on any atom is -0.879 e. The zero-order chi connectivity index (χ0) is 5.82.